The molecule has 4 aromatic rings. The topological polar surface area (TPSA) is 9.23 Å². The van der Waals surface area contributed by atoms with E-state index in [1.807, 2.05) is 25.1 Å². The van der Waals surface area contributed by atoms with E-state index in [9.17, 15) is 0 Å². The maximum atomic E-state index is 8.22. The second-order valence-electron chi connectivity index (χ2n) is 8.16. The summed E-state index contributed by atoms with van der Waals surface area (Å²) in [7, 11) is 1.68. The van der Waals surface area contributed by atoms with E-state index in [2.05, 4.69) is 85.8 Å². The van der Waals surface area contributed by atoms with Crippen molar-refractivity contribution < 1.29 is 4.74 Å². The molecule has 0 unspecified atom stereocenters. The molecule has 4 rings (SSSR count). The van der Waals surface area contributed by atoms with Crippen molar-refractivity contribution >= 4 is 44.7 Å². The van der Waals surface area contributed by atoms with Gasteiger partial charge in [-0.3, -0.25) is 0 Å². The Labute approximate surface area is 200 Å². The molecule has 1 nitrogen and oxygen atoms in total. The fraction of sp³-hybridized carbons (Fsp3) is 0.143. The van der Waals surface area contributed by atoms with Crippen molar-refractivity contribution in [3.63, 3.8) is 0 Å². The van der Waals surface area contributed by atoms with Crippen LogP contribution in [0.25, 0.3) is 0 Å². The Morgan fingerprint density at radius 3 is 1.50 bits per heavy atom. The van der Waals surface area contributed by atoms with Gasteiger partial charge < -0.3 is 0 Å². The number of benzene rings is 4. The summed E-state index contributed by atoms with van der Waals surface area (Å²) in [5, 5.41) is 4.10. The van der Waals surface area contributed by atoms with Crippen molar-refractivity contribution in [3.05, 3.63) is 119 Å². The van der Waals surface area contributed by atoms with Crippen LogP contribution >= 0.6 is 28.8 Å². The van der Waals surface area contributed by atoms with Gasteiger partial charge in [0.1, 0.15) is 0 Å². The molecule has 0 radical (unpaired) electrons. The summed E-state index contributed by atoms with van der Waals surface area (Å²) in [6.45, 7) is 4.09. The minimum absolute atomic E-state index is 0.612. The molecule has 32 heavy (non-hydrogen) atoms. The Hall–Kier alpha value is -2.31. The van der Waals surface area contributed by atoms with Crippen LogP contribution in [0.1, 0.15) is 16.7 Å². The molecule has 0 aliphatic carbocycles. The summed E-state index contributed by atoms with van der Waals surface area (Å²) in [5.74, 6) is -2.66. The van der Waals surface area contributed by atoms with E-state index in [4.69, 9.17) is 27.6 Å². The third kappa shape index (κ3) is 3.63. The van der Waals surface area contributed by atoms with Gasteiger partial charge >= 0.3 is 201 Å². The number of halogens is 2. The van der Waals surface area contributed by atoms with Gasteiger partial charge in [-0.1, -0.05) is 0 Å². The third-order valence-electron chi connectivity index (χ3n) is 6.35. The molecule has 0 spiro atoms. The van der Waals surface area contributed by atoms with Crippen molar-refractivity contribution in [1.82, 2.24) is 0 Å². The zero-order valence-electron chi connectivity index (χ0n) is 18.6. The Morgan fingerprint density at radius 1 is 0.719 bits per heavy atom. The molecular formula is C28H27Cl2OP. The number of rotatable bonds is 6. The number of ether oxygens (including phenoxy) is 1. The molecule has 164 valence electrons. The summed E-state index contributed by atoms with van der Waals surface area (Å²) >= 11 is 15.2. The van der Waals surface area contributed by atoms with E-state index in [0.29, 0.717) is 6.16 Å². The second kappa shape index (κ2) is 8.91. The van der Waals surface area contributed by atoms with Gasteiger partial charge in [0.2, 0.25) is 0 Å². The number of methoxy groups -OCH3 is 1. The van der Waals surface area contributed by atoms with Crippen molar-refractivity contribution in [2.45, 2.75) is 20.0 Å². The van der Waals surface area contributed by atoms with Gasteiger partial charge in [-0.05, 0) is 0 Å². The predicted octanol–water partition coefficient (Wildman–Crippen LogP) is 7.15. The van der Waals surface area contributed by atoms with Gasteiger partial charge in [0.25, 0.3) is 0 Å². The number of hydrogen-bond donors (Lipinski definition) is 0. The Kier molecular flexibility index (Phi) is 6.37. The van der Waals surface area contributed by atoms with Gasteiger partial charge in [-0.2, -0.15) is 0 Å². The molecule has 0 atom stereocenters. The van der Waals surface area contributed by atoms with Crippen LogP contribution in [0.3, 0.4) is 0 Å². The third-order valence-corrected chi connectivity index (χ3v) is 14.0. The molecule has 0 amide bonds. The van der Waals surface area contributed by atoms with E-state index in [0.717, 1.165) is 43.4 Å². The molecule has 0 saturated heterocycles. The normalized spacial score (nSPS) is 12.7. The van der Waals surface area contributed by atoms with Gasteiger partial charge in [0.05, 0.1) is 0 Å². The first-order chi connectivity index (χ1) is 15.4. The summed E-state index contributed by atoms with van der Waals surface area (Å²) < 4.78 is 5.56. The van der Waals surface area contributed by atoms with Gasteiger partial charge in [-0.25, -0.2) is 0 Å². The molecule has 0 aliphatic rings. The predicted molar refractivity (Wildman–Crippen MR) is 142 cm³/mol. The molecule has 0 fully saturated rings. The van der Waals surface area contributed by atoms with Crippen molar-refractivity contribution in [3.8, 4) is 5.75 Å². The van der Waals surface area contributed by atoms with Crippen LogP contribution in [-0.2, 0) is 6.16 Å². The maximum absolute atomic E-state index is 8.22. The Balaban J connectivity index is 2.12. The van der Waals surface area contributed by atoms with Crippen LogP contribution in [0, 0.1) is 13.8 Å². The van der Waals surface area contributed by atoms with Gasteiger partial charge in [0.15, 0.2) is 0 Å². The molecule has 0 N–H and O–H groups in total. The monoisotopic (exact) mass is 480 g/mol. The average Bonchev–Trinajstić information content (AvgIpc) is 2.85. The molecular weight excluding hydrogens is 454 g/mol. The Morgan fingerprint density at radius 2 is 1.12 bits per heavy atom. The molecule has 0 heterocycles. The zero-order valence-corrected chi connectivity index (χ0v) is 21.0. The molecule has 0 saturated carbocycles. The van der Waals surface area contributed by atoms with Crippen LogP contribution in [0.15, 0.2) is 97.1 Å². The van der Waals surface area contributed by atoms with Crippen molar-refractivity contribution in [2.75, 3.05) is 7.11 Å². The van der Waals surface area contributed by atoms with E-state index >= 15 is 0 Å². The second-order valence-corrected chi connectivity index (χ2v) is 15.0. The first kappa shape index (κ1) is 22.9. The average molecular weight is 481 g/mol. The summed E-state index contributed by atoms with van der Waals surface area (Å²) in [6, 6.07) is 33.5. The summed E-state index contributed by atoms with van der Waals surface area (Å²) in [4.78, 5) is 0. The summed E-state index contributed by atoms with van der Waals surface area (Å²) in [5.41, 5.74) is 3.08. The van der Waals surface area contributed by atoms with Crippen molar-refractivity contribution in [2.24, 2.45) is 0 Å². The quantitative estimate of drug-likeness (QED) is 0.266. The van der Waals surface area contributed by atoms with Crippen LogP contribution < -0.4 is 20.7 Å². The fourth-order valence-corrected chi connectivity index (χ4v) is 11.1. The zero-order chi connectivity index (χ0) is 22.8. The van der Waals surface area contributed by atoms with Gasteiger partial charge in [0, 0.05) is 0 Å². The van der Waals surface area contributed by atoms with E-state index in [1.54, 1.807) is 7.11 Å². The van der Waals surface area contributed by atoms with Crippen molar-refractivity contribution in [1.29, 1.82) is 0 Å². The van der Waals surface area contributed by atoms with Crippen LogP contribution in [-0.4, -0.2) is 7.11 Å². The number of aryl methyl sites for hydroxylation is 1. The number of hydrogen-bond acceptors (Lipinski definition) is 1. The molecule has 0 bridgehead atoms. The van der Waals surface area contributed by atoms with E-state index < -0.39 is 5.96 Å². The first-order valence-electron chi connectivity index (χ1n) is 10.6. The Bertz CT molecular complexity index is 1130. The molecule has 0 aromatic heterocycles. The minimum atomic E-state index is -3.45. The summed E-state index contributed by atoms with van der Waals surface area (Å²) in [6.07, 6.45) is 0.612. The molecule has 4 heteroatoms. The SMILES string of the molecule is COc1cc(C)c(CP(Cl)(c2ccccc2)(c2ccccc2)c2ccccc2)c(Cl)c1C. The van der Waals surface area contributed by atoms with E-state index in [1.165, 1.54) is 0 Å². The van der Waals surface area contributed by atoms with Crippen LogP contribution in [0.4, 0.5) is 0 Å². The van der Waals surface area contributed by atoms with E-state index in [-0.39, 0.29) is 0 Å². The van der Waals surface area contributed by atoms with Crippen LogP contribution in [0.5, 0.6) is 5.75 Å². The fourth-order valence-electron chi connectivity index (χ4n) is 4.54. The molecule has 0 aliphatic heterocycles. The van der Waals surface area contributed by atoms with Gasteiger partial charge in [-0.15, -0.1) is 0 Å². The van der Waals surface area contributed by atoms with Crippen LogP contribution in [0.2, 0.25) is 5.02 Å². The standard InChI is InChI=1S/C28H27Cl2OP/c1-21-19-27(31-3)22(2)28(29)26(21)20-32(30,23-13-7-4-8-14-23,24-15-9-5-10-16-24)25-17-11-6-12-18-25/h4-19H,20H2,1-3H3. The molecule has 4 aromatic carbocycles. The first-order valence-corrected chi connectivity index (χ1v) is 14.3.